The summed E-state index contributed by atoms with van der Waals surface area (Å²) < 4.78 is 0. The first-order valence-corrected chi connectivity index (χ1v) is 8.33. The van der Waals surface area contributed by atoms with Gasteiger partial charge in [-0.25, -0.2) is 0 Å². The molecular weight excluding hydrogens is 128 g/mol. The van der Waals surface area contributed by atoms with Gasteiger partial charge in [0.25, 0.3) is 0 Å². The third-order valence-electron chi connectivity index (χ3n) is 1.46. The molecule has 0 aromatic heterocycles. The average Bonchev–Trinajstić information content (AvgIpc) is 1.81. The first kappa shape index (κ1) is 8.43. The molecule has 0 aliphatic heterocycles. The Balaban J connectivity index is 2.53. The molecule has 0 unspecified atom stereocenters. The van der Waals surface area contributed by atoms with Gasteiger partial charge in [-0.2, -0.15) is 0 Å². The Kier molecular flexibility index (Phi) is 7.84. The van der Waals surface area contributed by atoms with Crippen molar-refractivity contribution < 1.29 is 0 Å². The van der Waals surface area contributed by atoms with Gasteiger partial charge in [0.05, 0.1) is 0 Å². The third kappa shape index (κ3) is 6.43. The Morgan fingerprint density at radius 2 is 1.88 bits per heavy atom. The summed E-state index contributed by atoms with van der Waals surface area (Å²) in [7, 11) is 0.856. The highest BCUT2D eigenvalue weighted by atomic mass is 28.2. The highest BCUT2D eigenvalue weighted by Crippen LogP contribution is 1.93. The first-order chi connectivity index (χ1) is 3.91. The molecule has 0 heterocycles. The smallest absolute Gasteiger partial charge is 0.0194 e. The quantitative estimate of drug-likeness (QED) is 0.402. The molecule has 50 valence electrons. The Bertz CT molecular complexity index is 31.5. The van der Waals surface area contributed by atoms with Crippen LogP contribution in [0.4, 0.5) is 0 Å². The third-order valence-corrected chi connectivity index (χ3v) is 5.87. The van der Waals surface area contributed by atoms with Crippen molar-refractivity contribution in [2.75, 3.05) is 0 Å². The maximum absolute atomic E-state index is 2.42. The zero-order valence-corrected chi connectivity index (χ0v) is 9.07. The van der Waals surface area contributed by atoms with E-state index in [1.165, 1.54) is 6.42 Å². The van der Waals surface area contributed by atoms with Gasteiger partial charge in [-0.3, -0.25) is 0 Å². The van der Waals surface area contributed by atoms with Crippen molar-refractivity contribution in [3.05, 3.63) is 0 Å². The van der Waals surface area contributed by atoms with Crippen molar-refractivity contribution in [3.63, 3.8) is 0 Å². The fourth-order valence-corrected chi connectivity index (χ4v) is 5.12. The Labute approximate surface area is 57.7 Å². The van der Waals surface area contributed by atoms with Gasteiger partial charge >= 0.3 is 0 Å². The zero-order chi connectivity index (χ0) is 6.24. The number of hydrogen-bond donors (Lipinski definition) is 0. The molecule has 0 spiro atoms. The molecule has 0 rings (SSSR count). The molecule has 0 saturated heterocycles. The van der Waals surface area contributed by atoms with Crippen LogP contribution in [0.25, 0.3) is 0 Å². The van der Waals surface area contributed by atoms with Gasteiger partial charge in [0, 0.05) is 19.0 Å². The molecule has 0 bridgehead atoms. The lowest BCUT2D eigenvalue weighted by molar-refractivity contribution is 1.07. The second-order valence-corrected chi connectivity index (χ2v) is 6.24. The second kappa shape index (κ2) is 7.43. The molecule has 0 N–H and O–H groups in total. The summed E-state index contributed by atoms with van der Waals surface area (Å²) in [5, 5.41) is 0. The summed E-state index contributed by atoms with van der Waals surface area (Å²) in [6.07, 6.45) is 1.44. The van der Waals surface area contributed by atoms with Gasteiger partial charge in [0.2, 0.25) is 0 Å². The van der Waals surface area contributed by atoms with Crippen molar-refractivity contribution >= 4 is 19.0 Å². The molecule has 0 aromatic carbocycles. The Morgan fingerprint density at radius 3 is 2.38 bits per heavy atom. The number of rotatable bonds is 5. The SMILES string of the molecule is CCC[SiH2]CC[SiH2]C. The highest BCUT2D eigenvalue weighted by Gasteiger charge is 1.85. The summed E-state index contributed by atoms with van der Waals surface area (Å²) in [4.78, 5) is 0. The van der Waals surface area contributed by atoms with E-state index in [1.54, 1.807) is 18.1 Å². The fourth-order valence-electron chi connectivity index (χ4n) is 0.854. The van der Waals surface area contributed by atoms with Crippen LogP contribution in [0.1, 0.15) is 13.3 Å². The molecule has 0 atom stereocenters. The lowest BCUT2D eigenvalue weighted by atomic mass is 10.6. The van der Waals surface area contributed by atoms with E-state index in [2.05, 4.69) is 13.5 Å². The van der Waals surface area contributed by atoms with Crippen molar-refractivity contribution in [1.29, 1.82) is 0 Å². The normalized spacial score (nSPS) is 12.8. The summed E-state index contributed by atoms with van der Waals surface area (Å²) in [6, 6.07) is 4.87. The standard InChI is InChI=1S/C6H18Si2/c1-3-4-8-6-5-7-2/h3-8H2,1-2H3. The fraction of sp³-hybridized carbons (Fsp3) is 1.00. The number of hydrogen-bond acceptors (Lipinski definition) is 0. The minimum atomic E-state index is 0.421. The maximum Gasteiger partial charge on any atom is 0.0194 e. The molecule has 0 nitrogen and oxygen atoms in total. The van der Waals surface area contributed by atoms with Crippen molar-refractivity contribution in [2.45, 2.75) is 38.0 Å². The van der Waals surface area contributed by atoms with E-state index in [1.807, 2.05) is 0 Å². The summed E-state index contributed by atoms with van der Waals surface area (Å²) in [5.74, 6) is 0. The Morgan fingerprint density at radius 1 is 1.12 bits per heavy atom. The van der Waals surface area contributed by atoms with Crippen LogP contribution in [0.3, 0.4) is 0 Å². The predicted octanol–water partition coefficient (Wildman–Crippen LogP) is 1.04. The van der Waals surface area contributed by atoms with Crippen molar-refractivity contribution in [1.82, 2.24) is 0 Å². The van der Waals surface area contributed by atoms with E-state index in [4.69, 9.17) is 0 Å². The highest BCUT2D eigenvalue weighted by molar-refractivity contribution is 6.41. The van der Waals surface area contributed by atoms with Crippen molar-refractivity contribution in [3.8, 4) is 0 Å². The topological polar surface area (TPSA) is 0 Å². The van der Waals surface area contributed by atoms with Crippen LogP contribution in [-0.2, 0) is 0 Å². The largest absolute Gasteiger partial charge is 0.0748 e. The molecule has 0 aliphatic rings. The van der Waals surface area contributed by atoms with Crippen molar-refractivity contribution in [2.24, 2.45) is 0 Å². The van der Waals surface area contributed by atoms with Gasteiger partial charge < -0.3 is 0 Å². The molecule has 0 saturated carbocycles. The zero-order valence-electron chi connectivity index (χ0n) is 6.24. The maximum atomic E-state index is 2.42. The minimum Gasteiger partial charge on any atom is -0.0748 e. The molecular formula is C6H18Si2. The summed E-state index contributed by atoms with van der Waals surface area (Å²) in [6.45, 7) is 4.72. The van der Waals surface area contributed by atoms with Crippen LogP contribution in [-0.4, -0.2) is 19.0 Å². The molecule has 2 heteroatoms. The molecule has 0 fully saturated rings. The van der Waals surface area contributed by atoms with E-state index in [0.29, 0.717) is 19.0 Å². The van der Waals surface area contributed by atoms with Crippen LogP contribution in [0.15, 0.2) is 0 Å². The van der Waals surface area contributed by atoms with E-state index < -0.39 is 0 Å². The molecule has 0 radical (unpaired) electrons. The molecule has 8 heavy (non-hydrogen) atoms. The van der Waals surface area contributed by atoms with Crippen LogP contribution in [0, 0.1) is 0 Å². The monoisotopic (exact) mass is 146 g/mol. The molecule has 0 amide bonds. The van der Waals surface area contributed by atoms with Crippen LogP contribution < -0.4 is 0 Å². The van der Waals surface area contributed by atoms with E-state index in [-0.39, 0.29) is 0 Å². The lowest BCUT2D eigenvalue weighted by Crippen LogP contribution is -1.89. The van der Waals surface area contributed by atoms with Crippen LogP contribution >= 0.6 is 0 Å². The summed E-state index contributed by atoms with van der Waals surface area (Å²) >= 11 is 0. The van der Waals surface area contributed by atoms with Gasteiger partial charge in [-0.15, -0.1) is 0 Å². The second-order valence-electron chi connectivity index (χ2n) is 2.41. The van der Waals surface area contributed by atoms with E-state index >= 15 is 0 Å². The van der Waals surface area contributed by atoms with Gasteiger partial charge in [0.1, 0.15) is 0 Å². The van der Waals surface area contributed by atoms with Crippen LogP contribution in [0.2, 0.25) is 24.7 Å². The minimum absolute atomic E-state index is 0.421. The van der Waals surface area contributed by atoms with Crippen LogP contribution in [0.5, 0.6) is 0 Å². The molecule has 0 aromatic rings. The van der Waals surface area contributed by atoms with Gasteiger partial charge in [0.15, 0.2) is 0 Å². The predicted molar refractivity (Wildman–Crippen MR) is 47.7 cm³/mol. The lowest BCUT2D eigenvalue weighted by Gasteiger charge is -1.92. The summed E-state index contributed by atoms with van der Waals surface area (Å²) in [5.41, 5.74) is 0. The average molecular weight is 146 g/mol. The van der Waals surface area contributed by atoms with E-state index in [9.17, 15) is 0 Å². The first-order valence-electron chi connectivity index (χ1n) is 3.91. The van der Waals surface area contributed by atoms with Gasteiger partial charge in [-0.1, -0.05) is 38.0 Å². The van der Waals surface area contributed by atoms with Gasteiger partial charge in [-0.05, 0) is 0 Å². The Hall–Kier alpha value is 0.434. The molecule has 0 aliphatic carbocycles. The van der Waals surface area contributed by atoms with E-state index in [0.717, 1.165) is 0 Å².